The number of fused-ring (bicyclic) bond motifs is 1. The molecule has 0 amide bonds. The highest BCUT2D eigenvalue weighted by Crippen LogP contribution is 2.28. The highest BCUT2D eigenvalue weighted by atomic mass is 16.5. The Labute approximate surface area is 94.2 Å². The van der Waals surface area contributed by atoms with Gasteiger partial charge in [-0.25, -0.2) is 0 Å². The van der Waals surface area contributed by atoms with E-state index in [2.05, 4.69) is 5.32 Å². The molecule has 1 aromatic rings. The van der Waals surface area contributed by atoms with Crippen LogP contribution in [0.25, 0.3) is 0 Å². The molecular formula is C12H15NO3. The number of ether oxygens (including phenoxy) is 1. The fourth-order valence-corrected chi connectivity index (χ4v) is 2.11. The monoisotopic (exact) mass is 221 g/mol. The average molecular weight is 221 g/mol. The summed E-state index contributed by atoms with van der Waals surface area (Å²) in [5.41, 5.74) is 2.26. The lowest BCUT2D eigenvalue weighted by atomic mass is 9.92. The molecule has 1 aliphatic heterocycles. The predicted molar refractivity (Wildman–Crippen MR) is 59.7 cm³/mol. The number of rotatable bonds is 3. The number of carbonyl (C=O) groups is 1. The highest BCUT2D eigenvalue weighted by Gasteiger charge is 2.22. The maximum atomic E-state index is 10.7. The van der Waals surface area contributed by atoms with E-state index in [1.54, 1.807) is 7.11 Å². The minimum absolute atomic E-state index is 0.0767. The summed E-state index contributed by atoms with van der Waals surface area (Å²) in [6, 6.07) is 5.74. The van der Waals surface area contributed by atoms with E-state index in [-0.39, 0.29) is 12.5 Å². The Bertz CT molecular complexity index is 403. The van der Waals surface area contributed by atoms with Crippen LogP contribution in [0.1, 0.15) is 23.6 Å². The van der Waals surface area contributed by atoms with Crippen molar-refractivity contribution in [3.63, 3.8) is 0 Å². The van der Waals surface area contributed by atoms with Crippen molar-refractivity contribution >= 4 is 5.97 Å². The molecule has 0 saturated heterocycles. The normalized spacial score (nSPS) is 18.9. The molecule has 4 heteroatoms. The highest BCUT2D eigenvalue weighted by molar-refractivity contribution is 5.68. The van der Waals surface area contributed by atoms with Crippen molar-refractivity contribution in [3.8, 4) is 5.75 Å². The molecule has 0 aliphatic carbocycles. The van der Waals surface area contributed by atoms with Crippen molar-refractivity contribution in [2.24, 2.45) is 0 Å². The van der Waals surface area contributed by atoms with Crippen LogP contribution in [0, 0.1) is 0 Å². The van der Waals surface area contributed by atoms with Crippen LogP contribution in [-0.2, 0) is 11.2 Å². The molecule has 0 saturated carbocycles. The summed E-state index contributed by atoms with van der Waals surface area (Å²) in [5, 5.41) is 12.0. The van der Waals surface area contributed by atoms with Crippen molar-refractivity contribution in [3.05, 3.63) is 29.3 Å². The Morgan fingerprint density at radius 1 is 1.62 bits per heavy atom. The number of hydrogen-bond donors (Lipinski definition) is 2. The Balaban J connectivity index is 2.28. The van der Waals surface area contributed by atoms with E-state index in [9.17, 15) is 4.79 Å². The van der Waals surface area contributed by atoms with Crippen LogP contribution in [0.15, 0.2) is 18.2 Å². The molecule has 1 aliphatic rings. The summed E-state index contributed by atoms with van der Waals surface area (Å²) in [6.45, 7) is 0.818. The molecule has 0 radical (unpaired) electrons. The summed E-state index contributed by atoms with van der Waals surface area (Å²) in [7, 11) is 1.64. The lowest BCUT2D eigenvalue weighted by molar-refractivity contribution is -0.137. The second-order valence-corrected chi connectivity index (χ2v) is 3.92. The number of benzene rings is 1. The van der Waals surface area contributed by atoms with Gasteiger partial charge in [0.25, 0.3) is 0 Å². The fourth-order valence-electron chi connectivity index (χ4n) is 2.11. The first-order valence-electron chi connectivity index (χ1n) is 5.32. The van der Waals surface area contributed by atoms with Crippen LogP contribution >= 0.6 is 0 Å². The zero-order chi connectivity index (χ0) is 11.5. The molecule has 2 N–H and O–H groups in total. The van der Waals surface area contributed by atoms with Gasteiger partial charge in [-0.2, -0.15) is 0 Å². The van der Waals surface area contributed by atoms with Crippen molar-refractivity contribution in [2.45, 2.75) is 18.9 Å². The van der Waals surface area contributed by atoms with Gasteiger partial charge >= 0.3 is 5.97 Å². The molecule has 4 nitrogen and oxygen atoms in total. The molecule has 1 atom stereocenters. The van der Waals surface area contributed by atoms with Gasteiger partial charge in [0.15, 0.2) is 0 Å². The Morgan fingerprint density at radius 3 is 3.12 bits per heavy atom. The largest absolute Gasteiger partial charge is 0.497 e. The van der Waals surface area contributed by atoms with E-state index >= 15 is 0 Å². The van der Waals surface area contributed by atoms with Gasteiger partial charge in [0, 0.05) is 6.04 Å². The second kappa shape index (κ2) is 4.53. The number of carboxylic acids is 1. The lowest BCUT2D eigenvalue weighted by Crippen LogP contribution is -2.31. The second-order valence-electron chi connectivity index (χ2n) is 3.92. The smallest absolute Gasteiger partial charge is 0.305 e. The third kappa shape index (κ3) is 2.17. The summed E-state index contributed by atoms with van der Waals surface area (Å²) >= 11 is 0. The minimum Gasteiger partial charge on any atom is -0.497 e. The Hall–Kier alpha value is -1.55. The van der Waals surface area contributed by atoms with E-state index in [4.69, 9.17) is 9.84 Å². The maximum absolute atomic E-state index is 10.7. The first kappa shape index (κ1) is 11.0. The molecule has 0 aromatic heterocycles. The van der Waals surface area contributed by atoms with E-state index in [0.717, 1.165) is 24.3 Å². The topological polar surface area (TPSA) is 58.6 Å². The van der Waals surface area contributed by atoms with Crippen molar-refractivity contribution in [1.29, 1.82) is 0 Å². The molecule has 0 spiro atoms. The Morgan fingerprint density at radius 2 is 2.44 bits per heavy atom. The molecule has 0 bridgehead atoms. The predicted octanol–water partition coefficient (Wildman–Crippen LogP) is 1.36. The van der Waals surface area contributed by atoms with Gasteiger partial charge in [-0.1, -0.05) is 6.07 Å². The van der Waals surface area contributed by atoms with Crippen molar-refractivity contribution in [1.82, 2.24) is 5.32 Å². The van der Waals surface area contributed by atoms with Gasteiger partial charge in [-0.05, 0) is 36.2 Å². The van der Waals surface area contributed by atoms with E-state index in [1.165, 1.54) is 5.56 Å². The molecule has 2 rings (SSSR count). The third-order valence-corrected chi connectivity index (χ3v) is 2.89. The van der Waals surface area contributed by atoms with E-state index in [0.29, 0.717) is 0 Å². The maximum Gasteiger partial charge on any atom is 0.305 e. The molecule has 1 aromatic carbocycles. The van der Waals surface area contributed by atoms with Crippen LogP contribution in [0.2, 0.25) is 0 Å². The number of carboxylic acid groups (broad SMARTS) is 1. The first-order valence-corrected chi connectivity index (χ1v) is 5.32. The van der Waals surface area contributed by atoms with Gasteiger partial charge in [-0.15, -0.1) is 0 Å². The number of hydrogen-bond acceptors (Lipinski definition) is 3. The van der Waals surface area contributed by atoms with Gasteiger partial charge in [-0.3, -0.25) is 4.79 Å². The molecule has 86 valence electrons. The van der Waals surface area contributed by atoms with Crippen molar-refractivity contribution in [2.75, 3.05) is 13.7 Å². The zero-order valence-electron chi connectivity index (χ0n) is 9.19. The first-order chi connectivity index (χ1) is 7.70. The van der Waals surface area contributed by atoms with Crippen molar-refractivity contribution < 1.29 is 14.6 Å². The molecule has 1 heterocycles. The molecular weight excluding hydrogens is 206 g/mol. The zero-order valence-corrected chi connectivity index (χ0v) is 9.19. The Kier molecular flexibility index (Phi) is 3.10. The standard InChI is InChI=1S/C12H15NO3/c1-16-9-2-3-10-8(6-9)4-5-13-11(10)7-12(14)15/h2-3,6,11,13H,4-5,7H2,1H3,(H,14,15). The summed E-state index contributed by atoms with van der Waals surface area (Å²) in [6.07, 6.45) is 1.04. The fraction of sp³-hybridized carbons (Fsp3) is 0.417. The number of aliphatic carboxylic acids is 1. The third-order valence-electron chi connectivity index (χ3n) is 2.89. The van der Waals surface area contributed by atoms with Gasteiger partial charge in [0.05, 0.1) is 13.5 Å². The molecule has 0 fully saturated rings. The summed E-state index contributed by atoms with van der Waals surface area (Å²) < 4.78 is 5.16. The van der Waals surface area contributed by atoms with E-state index in [1.807, 2.05) is 18.2 Å². The quantitative estimate of drug-likeness (QED) is 0.809. The van der Waals surface area contributed by atoms with Crippen LogP contribution in [-0.4, -0.2) is 24.7 Å². The average Bonchev–Trinajstić information content (AvgIpc) is 2.28. The number of nitrogens with one attached hydrogen (secondary N) is 1. The van der Waals surface area contributed by atoms with Gasteiger partial charge < -0.3 is 15.2 Å². The van der Waals surface area contributed by atoms with Crippen LogP contribution in [0.5, 0.6) is 5.75 Å². The van der Waals surface area contributed by atoms with Crippen LogP contribution in [0.3, 0.4) is 0 Å². The van der Waals surface area contributed by atoms with E-state index < -0.39 is 5.97 Å². The summed E-state index contributed by atoms with van der Waals surface area (Å²) in [4.78, 5) is 10.7. The van der Waals surface area contributed by atoms with Gasteiger partial charge in [0.2, 0.25) is 0 Å². The lowest BCUT2D eigenvalue weighted by Gasteiger charge is -2.26. The number of methoxy groups -OCH3 is 1. The molecule has 1 unspecified atom stereocenters. The van der Waals surface area contributed by atoms with Gasteiger partial charge in [0.1, 0.15) is 5.75 Å². The summed E-state index contributed by atoms with van der Waals surface area (Å²) in [5.74, 6) is 0.0518. The van der Waals surface area contributed by atoms with Crippen LogP contribution < -0.4 is 10.1 Å². The van der Waals surface area contributed by atoms with Crippen LogP contribution in [0.4, 0.5) is 0 Å². The molecule has 16 heavy (non-hydrogen) atoms. The SMILES string of the molecule is COc1ccc2c(c1)CCNC2CC(=O)O. The minimum atomic E-state index is -0.777.